The Balaban J connectivity index is 1.61. The third-order valence-corrected chi connectivity index (χ3v) is 6.49. The van der Waals surface area contributed by atoms with Crippen molar-refractivity contribution >= 4 is 34.7 Å². The summed E-state index contributed by atoms with van der Waals surface area (Å²) in [5, 5.41) is 18.5. The van der Waals surface area contributed by atoms with Crippen LogP contribution in [0.5, 0.6) is 0 Å². The summed E-state index contributed by atoms with van der Waals surface area (Å²) in [6.45, 7) is 3.01. The minimum atomic E-state index is -5.07. The van der Waals surface area contributed by atoms with E-state index < -0.39 is 40.8 Å². The maximum absolute atomic E-state index is 14.4. The van der Waals surface area contributed by atoms with Crippen molar-refractivity contribution in [2.24, 2.45) is 0 Å². The summed E-state index contributed by atoms with van der Waals surface area (Å²) in [5.41, 5.74) is -3.11. The van der Waals surface area contributed by atoms with E-state index in [0.29, 0.717) is 11.1 Å². The SMILES string of the molecule is CCOC(=O)c1cc2cc(Cn3cc(C(CC)(OC(=O)c4ccc([N+](=O)[O-])cc4)C(F)(F)F)nn3)ccn2c1Cl. The third-order valence-electron chi connectivity index (χ3n) is 6.10. The summed E-state index contributed by atoms with van der Waals surface area (Å²) in [4.78, 5) is 34.9. The molecule has 4 rings (SSSR count). The minimum Gasteiger partial charge on any atom is -0.462 e. The van der Waals surface area contributed by atoms with Gasteiger partial charge < -0.3 is 13.9 Å². The van der Waals surface area contributed by atoms with Crippen molar-refractivity contribution in [3.05, 3.63) is 92.5 Å². The van der Waals surface area contributed by atoms with E-state index in [1.54, 1.807) is 29.7 Å². The monoisotopic (exact) mass is 579 g/mol. The second-order valence-electron chi connectivity index (χ2n) is 8.57. The first-order valence-electron chi connectivity index (χ1n) is 11.8. The zero-order valence-electron chi connectivity index (χ0n) is 21.0. The van der Waals surface area contributed by atoms with Crippen LogP contribution in [0, 0.1) is 10.1 Å². The second kappa shape index (κ2) is 11.0. The van der Waals surface area contributed by atoms with Crippen LogP contribution in [0.3, 0.4) is 0 Å². The van der Waals surface area contributed by atoms with E-state index in [2.05, 4.69) is 10.3 Å². The van der Waals surface area contributed by atoms with Crippen LogP contribution in [0.4, 0.5) is 18.9 Å². The number of hydrogen-bond acceptors (Lipinski definition) is 8. The molecule has 0 spiro atoms. The lowest BCUT2D eigenvalue weighted by atomic mass is 9.95. The maximum Gasteiger partial charge on any atom is 0.434 e. The molecule has 3 heterocycles. The summed E-state index contributed by atoms with van der Waals surface area (Å²) in [6, 6.07) is 8.82. The molecule has 40 heavy (non-hydrogen) atoms. The molecule has 15 heteroatoms. The number of nitro groups is 1. The van der Waals surface area contributed by atoms with Gasteiger partial charge in [-0.2, -0.15) is 13.2 Å². The fourth-order valence-corrected chi connectivity index (χ4v) is 4.32. The largest absolute Gasteiger partial charge is 0.462 e. The maximum atomic E-state index is 14.4. The van der Waals surface area contributed by atoms with Crippen molar-refractivity contribution < 1.29 is 37.2 Å². The van der Waals surface area contributed by atoms with Gasteiger partial charge in [-0.3, -0.25) is 10.1 Å². The predicted molar refractivity (Wildman–Crippen MR) is 134 cm³/mol. The number of benzene rings is 1. The number of non-ortho nitro benzene ring substituents is 1. The highest BCUT2D eigenvalue weighted by Gasteiger charge is 2.60. The lowest BCUT2D eigenvalue weighted by Gasteiger charge is -2.32. The molecule has 0 aliphatic rings. The molecule has 3 aromatic heterocycles. The molecule has 0 radical (unpaired) electrons. The van der Waals surface area contributed by atoms with Crippen LogP contribution in [0.2, 0.25) is 5.15 Å². The topological polar surface area (TPSA) is 131 Å². The number of carbonyl (C=O) groups is 2. The zero-order chi connectivity index (χ0) is 29.2. The van der Waals surface area contributed by atoms with Crippen LogP contribution in [0.1, 0.15) is 52.2 Å². The molecule has 0 fully saturated rings. The average molecular weight is 580 g/mol. The molecule has 0 N–H and O–H groups in total. The van der Waals surface area contributed by atoms with Gasteiger partial charge in [-0.05, 0) is 49.2 Å². The number of ether oxygens (including phenoxy) is 2. The van der Waals surface area contributed by atoms with Gasteiger partial charge in [-0.15, -0.1) is 5.10 Å². The Hall–Kier alpha value is -4.46. The van der Waals surface area contributed by atoms with Gasteiger partial charge in [0.1, 0.15) is 10.8 Å². The molecular formula is C25H21ClF3N5O6. The first kappa shape index (κ1) is 28.5. The van der Waals surface area contributed by atoms with Crippen LogP contribution in [-0.4, -0.2) is 49.0 Å². The Bertz CT molecular complexity index is 1580. The van der Waals surface area contributed by atoms with Crippen molar-refractivity contribution in [3.8, 4) is 0 Å². The van der Waals surface area contributed by atoms with Gasteiger partial charge in [0.25, 0.3) is 11.3 Å². The average Bonchev–Trinajstić information content (AvgIpc) is 3.51. The van der Waals surface area contributed by atoms with Crippen molar-refractivity contribution in [1.29, 1.82) is 0 Å². The number of alkyl halides is 3. The number of pyridine rings is 1. The van der Waals surface area contributed by atoms with Crippen LogP contribution in [0.15, 0.2) is 54.9 Å². The highest BCUT2D eigenvalue weighted by molar-refractivity contribution is 6.33. The molecule has 0 bridgehead atoms. The first-order valence-corrected chi connectivity index (χ1v) is 12.2. The number of halogens is 4. The van der Waals surface area contributed by atoms with Gasteiger partial charge in [-0.25, -0.2) is 14.3 Å². The van der Waals surface area contributed by atoms with E-state index in [9.17, 15) is 32.9 Å². The molecule has 1 unspecified atom stereocenters. The Morgan fingerprint density at radius 2 is 1.80 bits per heavy atom. The van der Waals surface area contributed by atoms with Crippen molar-refractivity contribution in [2.75, 3.05) is 6.61 Å². The van der Waals surface area contributed by atoms with Crippen molar-refractivity contribution in [2.45, 2.75) is 38.6 Å². The van der Waals surface area contributed by atoms with E-state index >= 15 is 0 Å². The van der Waals surface area contributed by atoms with E-state index in [-0.39, 0.29) is 35.1 Å². The standard InChI is InChI=1S/C25H21ClF3N5O6/c1-3-24(25(27,28)29,40-22(35)16-5-7-17(8-6-16)34(37)38)20-14-32(31-30-20)13-15-9-10-33-18(11-15)12-19(21(33)26)23(36)39-4-2/h5-12,14H,3-4,13H2,1-2H3. The normalized spacial score (nSPS) is 13.2. The van der Waals surface area contributed by atoms with E-state index in [4.69, 9.17) is 21.1 Å². The Kier molecular flexibility index (Phi) is 7.82. The van der Waals surface area contributed by atoms with Crippen molar-refractivity contribution in [1.82, 2.24) is 19.4 Å². The number of nitrogens with zero attached hydrogens (tertiary/aromatic N) is 5. The van der Waals surface area contributed by atoms with Gasteiger partial charge in [0.2, 0.25) is 0 Å². The summed E-state index contributed by atoms with van der Waals surface area (Å²) in [5.74, 6) is -1.93. The Morgan fingerprint density at radius 3 is 2.40 bits per heavy atom. The van der Waals surface area contributed by atoms with E-state index in [1.165, 1.54) is 13.0 Å². The Labute approximate surface area is 229 Å². The number of aromatic nitrogens is 4. The van der Waals surface area contributed by atoms with Gasteiger partial charge in [-0.1, -0.05) is 23.7 Å². The zero-order valence-corrected chi connectivity index (χ0v) is 21.8. The molecule has 0 aliphatic carbocycles. The van der Waals surface area contributed by atoms with Gasteiger partial charge in [0, 0.05) is 23.8 Å². The number of carbonyl (C=O) groups excluding carboxylic acids is 2. The highest BCUT2D eigenvalue weighted by Crippen LogP contribution is 2.44. The number of fused-ring (bicyclic) bond motifs is 1. The number of nitro benzene ring substituents is 1. The molecule has 0 aliphatic heterocycles. The van der Waals surface area contributed by atoms with Crippen LogP contribution < -0.4 is 0 Å². The van der Waals surface area contributed by atoms with E-state index in [1.807, 2.05) is 0 Å². The molecule has 1 aromatic carbocycles. The number of rotatable bonds is 9. The molecule has 4 aromatic rings. The molecule has 0 amide bonds. The molecule has 11 nitrogen and oxygen atoms in total. The molecule has 0 saturated heterocycles. The van der Waals surface area contributed by atoms with Gasteiger partial charge in [0.15, 0.2) is 0 Å². The van der Waals surface area contributed by atoms with E-state index in [0.717, 1.165) is 35.1 Å². The van der Waals surface area contributed by atoms with Crippen LogP contribution in [-0.2, 0) is 21.6 Å². The fraction of sp³-hybridized carbons (Fsp3) is 0.280. The minimum absolute atomic E-state index is 0.00497. The summed E-state index contributed by atoms with van der Waals surface area (Å²) < 4.78 is 55.8. The fourth-order valence-electron chi connectivity index (χ4n) is 4.03. The first-order chi connectivity index (χ1) is 18.9. The predicted octanol–water partition coefficient (Wildman–Crippen LogP) is 5.34. The molecule has 1 atom stereocenters. The molecule has 0 saturated carbocycles. The summed E-state index contributed by atoms with van der Waals surface area (Å²) in [7, 11) is 0. The third kappa shape index (κ3) is 5.34. The van der Waals surface area contributed by atoms with Crippen LogP contribution >= 0.6 is 11.6 Å². The number of hydrogen-bond donors (Lipinski definition) is 0. The molecular weight excluding hydrogens is 559 g/mol. The van der Waals surface area contributed by atoms with Gasteiger partial charge in [0.05, 0.1) is 35.4 Å². The summed E-state index contributed by atoms with van der Waals surface area (Å²) >= 11 is 6.28. The van der Waals surface area contributed by atoms with Crippen molar-refractivity contribution in [3.63, 3.8) is 0 Å². The second-order valence-corrected chi connectivity index (χ2v) is 8.93. The molecule has 210 valence electrons. The summed E-state index contributed by atoms with van der Waals surface area (Å²) in [6.07, 6.45) is -3.16. The smallest absolute Gasteiger partial charge is 0.434 e. The quantitative estimate of drug-likeness (QED) is 0.147. The highest BCUT2D eigenvalue weighted by atomic mass is 35.5. The van der Waals surface area contributed by atoms with Gasteiger partial charge >= 0.3 is 18.1 Å². The Morgan fingerprint density at radius 1 is 1.10 bits per heavy atom. The lowest BCUT2D eigenvalue weighted by Crippen LogP contribution is -2.46. The van der Waals surface area contributed by atoms with Crippen LogP contribution in [0.25, 0.3) is 5.52 Å². The number of esters is 2. The lowest BCUT2D eigenvalue weighted by molar-refractivity contribution is -0.384.